The van der Waals surface area contributed by atoms with Crippen LogP contribution in [0.3, 0.4) is 0 Å². The second kappa shape index (κ2) is 8.75. The highest BCUT2D eigenvalue weighted by Gasteiger charge is 2.24. The third-order valence-electron chi connectivity index (χ3n) is 5.11. The highest BCUT2D eigenvalue weighted by Crippen LogP contribution is 2.23. The van der Waals surface area contributed by atoms with Crippen molar-refractivity contribution in [3.05, 3.63) is 59.2 Å². The maximum atomic E-state index is 12.5. The Labute approximate surface area is 159 Å². The van der Waals surface area contributed by atoms with Crippen LogP contribution in [0.2, 0.25) is 0 Å². The van der Waals surface area contributed by atoms with E-state index in [4.69, 9.17) is 5.73 Å². The molecule has 1 aromatic heterocycles. The van der Waals surface area contributed by atoms with Gasteiger partial charge in [-0.3, -0.25) is 14.6 Å². The van der Waals surface area contributed by atoms with Crippen molar-refractivity contribution in [1.29, 1.82) is 0 Å². The molecule has 1 aliphatic heterocycles. The van der Waals surface area contributed by atoms with Gasteiger partial charge in [0.2, 0.25) is 5.91 Å². The molecule has 0 atom stereocenters. The molecule has 1 aromatic carbocycles. The highest BCUT2D eigenvalue weighted by molar-refractivity contribution is 5.92. The first-order chi connectivity index (χ1) is 13.0. The second-order valence-corrected chi connectivity index (χ2v) is 7.27. The van der Waals surface area contributed by atoms with Crippen LogP contribution < -0.4 is 5.73 Å². The predicted molar refractivity (Wildman–Crippen MR) is 103 cm³/mol. The van der Waals surface area contributed by atoms with Gasteiger partial charge in [0.1, 0.15) is 5.69 Å². The predicted octanol–water partition coefficient (Wildman–Crippen LogP) is 2.30. The normalized spacial score (nSPS) is 14.9. The molecule has 3 rings (SSSR count). The van der Waals surface area contributed by atoms with Gasteiger partial charge in [-0.05, 0) is 49.7 Å². The van der Waals surface area contributed by atoms with E-state index in [1.165, 1.54) is 5.56 Å². The Hall–Kier alpha value is -2.76. The molecule has 1 fully saturated rings. The molecule has 0 radical (unpaired) electrons. The van der Waals surface area contributed by atoms with Crippen LogP contribution in [0.4, 0.5) is 0 Å². The minimum Gasteiger partial charge on any atom is -0.370 e. The standard InChI is InChI=1S/C21H26N4O2/c1-15-13-24-19(14-23-15)21(27)25-10-8-18(9-11-25)12-17-4-2-16(3-5-17)6-7-20(22)26/h2-5,13-14,18H,6-12H2,1H3,(H2,22,26). The van der Waals surface area contributed by atoms with Crippen molar-refractivity contribution in [1.82, 2.24) is 14.9 Å². The largest absolute Gasteiger partial charge is 0.370 e. The van der Waals surface area contributed by atoms with Crippen LogP contribution in [-0.2, 0) is 17.6 Å². The van der Waals surface area contributed by atoms with Crippen LogP contribution in [0.1, 0.15) is 46.6 Å². The SMILES string of the molecule is Cc1cnc(C(=O)N2CCC(Cc3ccc(CCC(N)=O)cc3)CC2)cn1. The number of nitrogens with zero attached hydrogens (tertiary/aromatic N) is 3. The number of aromatic nitrogens is 2. The summed E-state index contributed by atoms with van der Waals surface area (Å²) in [5.74, 6) is 0.284. The molecule has 2 aromatic rings. The topological polar surface area (TPSA) is 89.2 Å². The van der Waals surface area contributed by atoms with Crippen LogP contribution in [0.25, 0.3) is 0 Å². The van der Waals surface area contributed by atoms with Crippen molar-refractivity contribution in [2.75, 3.05) is 13.1 Å². The molecule has 6 heteroatoms. The molecule has 1 aliphatic rings. The lowest BCUT2D eigenvalue weighted by Crippen LogP contribution is -2.39. The van der Waals surface area contributed by atoms with Crippen molar-refractivity contribution in [2.45, 2.75) is 39.0 Å². The summed E-state index contributed by atoms with van der Waals surface area (Å²) in [6, 6.07) is 8.42. The molecule has 0 aliphatic carbocycles. The van der Waals surface area contributed by atoms with E-state index in [1.807, 2.05) is 11.8 Å². The van der Waals surface area contributed by atoms with Crippen molar-refractivity contribution in [3.8, 4) is 0 Å². The van der Waals surface area contributed by atoms with E-state index in [0.717, 1.165) is 43.6 Å². The second-order valence-electron chi connectivity index (χ2n) is 7.27. The minimum absolute atomic E-state index is 0.0280. The molecule has 2 heterocycles. The van der Waals surface area contributed by atoms with E-state index in [1.54, 1.807) is 12.4 Å². The molecule has 2 N–H and O–H groups in total. The average Bonchev–Trinajstić information content (AvgIpc) is 2.68. The highest BCUT2D eigenvalue weighted by atomic mass is 16.2. The first-order valence-corrected chi connectivity index (χ1v) is 9.45. The molecular formula is C21H26N4O2. The van der Waals surface area contributed by atoms with Crippen LogP contribution in [0.5, 0.6) is 0 Å². The summed E-state index contributed by atoms with van der Waals surface area (Å²) in [6.07, 6.45) is 7.28. The minimum atomic E-state index is -0.267. The van der Waals surface area contributed by atoms with Gasteiger partial charge in [-0.25, -0.2) is 4.98 Å². The lowest BCUT2D eigenvalue weighted by molar-refractivity contribution is -0.117. The number of nitrogens with two attached hydrogens (primary N) is 1. The maximum Gasteiger partial charge on any atom is 0.274 e. The van der Waals surface area contributed by atoms with E-state index in [-0.39, 0.29) is 11.8 Å². The number of hydrogen-bond donors (Lipinski definition) is 1. The molecule has 142 valence electrons. The monoisotopic (exact) mass is 366 g/mol. The van der Waals surface area contributed by atoms with Gasteiger partial charge in [0.25, 0.3) is 5.91 Å². The summed E-state index contributed by atoms with van der Waals surface area (Å²) in [6.45, 7) is 3.38. The zero-order valence-corrected chi connectivity index (χ0v) is 15.7. The first-order valence-electron chi connectivity index (χ1n) is 9.45. The number of carbonyl (C=O) groups is 2. The zero-order chi connectivity index (χ0) is 19.2. The van der Waals surface area contributed by atoms with Gasteiger partial charge in [0, 0.05) is 25.7 Å². The summed E-state index contributed by atoms with van der Waals surface area (Å²) >= 11 is 0. The lowest BCUT2D eigenvalue weighted by atomic mass is 9.89. The number of amides is 2. The lowest BCUT2D eigenvalue weighted by Gasteiger charge is -2.31. The number of aryl methyl sites for hydroxylation is 2. The molecule has 6 nitrogen and oxygen atoms in total. The van der Waals surface area contributed by atoms with E-state index < -0.39 is 0 Å². The van der Waals surface area contributed by atoms with Gasteiger partial charge >= 0.3 is 0 Å². The molecule has 0 unspecified atom stereocenters. The summed E-state index contributed by atoms with van der Waals surface area (Å²) < 4.78 is 0. The summed E-state index contributed by atoms with van der Waals surface area (Å²) in [5, 5.41) is 0. The van der Waals surface area contributed by atoms with Gasteiger partial charge in [0.15, 0.2) is 0 Å². The van der Waals surface area contributed by atoms with Crippen LogP contribution in [-0.4, -0.2) is 39.8 Å². The smallest absolute Gasteiger partial charge is 0.274 e. The van der Waals surface area contributed by atoms with Crippen molar-refractivity contribution < 1.29 is 9.59 Å². The summed E-state index contributed by atoms with van der Waals surface area (Å²) in [5.41, 5.74) is 8.86. The fourth-order valence-corrected chi connectivity index (χ4v) is 3.45. The average molecular weight is 366 g/mol. The van der Waals surface area contributed by atoms with Crippen molar-refractivity contribution in [3.63, 3.8) is 0 Å². The summed E-state index contributed by atoms with van der Waals surface area (Å²) in [4.78, 5) is 33.6. The maximum absolute atomic E-state index is 12.5. The molecule has 0 saturated carbocycles. The van der Waals surface area contributed by atoms with E-state index in [9.17, 15) is 9.59 Å². The van der Waals surface area contributed by atoms with Crippen LogP contribution >= 0.6 is 0 Å². The Balaban J connectivity index is 1.48. The Morgan fingerprint density at radius 1 is 1.07 bits per heavy atom. The van der Waals surface area contributed by atoms with Crippen LogP contribution in [0.15, 0.2) is 36.7 Å². The Morgan fingerprint density at radius 2 is 1.74 bits per heavy atom. The zero-order valence-electron chi connectivity index (χ0n) is 15.7. The number of hydrogen-bond acceptors (Lipinski definition) is 4. The molecule has 0 spiro atoms. The molecule has 27 heavy (non-hydrogen) atoms. The van der Waals surface area contributed by atoms with Gasteiger partial charge in [0.05, 0.1) is 11.9 Å². The fourth-order valence-electron chi connectivity index (χ4n) is 3.45. The molecular weight excluding hydrogens is 340 g/mol. The van der Waals surface area contributed by atoms with Gasteiger partial charge in [-0.2, -0.15) is 0 Å². The number of primary amides is 1. The number of rotatable bonds is 6. The van der Waals surface area contributed by atoms with E-state index in [2.05, 4.69) is 34.2 Å². The van der Waals surface area contributed by atoms with Crippen molar-refractivity contribution in [2.24, 2.45) is 11.7 Å². The Kier molecular flexibility index (Phi) is 6.16. The first kappa shape index (κ1) is 19.0. The number of carbonyl (C=O) groups excluding carboxylic acids is 2. The van der Waals surface area contributed by atoms with E-state index in [0.29, 0.717) is 24.5 Å². The van der Waals surface area contributed by atoms with Gasteiger partial charge < -0.3 is 10.6 Å². The van der Waals surface area contributed by atoms with Gasteiger partial charge in [-0.1, -0.05) is 24.3 Å². The van der Waals surface area contributed by atoms with Gasteiger partial charge in [-0.15, -0.1) is 0 Å². The summed E-state index contributed by atoms with van der Waals surface area (Å²) in [7, 11) is 0. The van der Waals surface area contributed by atoms with Crippen LogP contribution in [0, 0.1) is 12.8 Å². The number of piperidine rings is 1. The third-order valence-corrected chi connectivity index (χ3v) is 5.11. The van der Waals surface area contributed by atoms with E-state index >= 15 is 0 Å². The number of likely N-dealkylation sites (tertiary alicyclic amines) is 1. The van der Waals surface area contributed by atoms with Crippen molar-refractivity contribution >= 4 is 11.8 Å². The molecule has 2 amide bonds. The Morgan fingerprint density at radius 3 is 2.33 bits per heavy atom. The Bertz CT molecular complexity index is 779. The number of benzene rings is 1. The molecule has 0 bridgehead atoms. The third kappa shape index (κ3) is 5.36. The molecule has 1 saturated heterocycles. The quantitative estimate of drug-likeness (QED) is 0.849. The fraction of sp³-hybridized carbons (Fsp3) is 0.429.